The van der Waals surface area contributed by atoms with E-state index in [2.05, 4.69) is 36.4 Å². The summed E-state index contributed by atoms with van der Waals surface area (Å²) in [5.74, 6) is 2.98. The van der Waals surface area contributed by atoms with Crippen molar-refractivity contribution in [1.82, 2.24) is 0 Å². The largest absolute Gasteiger partial charge is 0.493 e. The van der Waals surface area contributed by atoms with Crippen molar-refractivity contribution in [3.63, 3.8) is 0 Å². The van der Waals surface area contributed by atoms with Crippen LogP contribution in [0.1, 0.15) is 11.1 Å². The van der Waals surface area contributed by atoms with Gasteiger partial charge in [-0.25, -0.2) is 0 Å². The standard InChI is InChI=1S/C17H21NOS/c18-11-10-15-6-8-17(9-7-15)19-12-13-20-14-16-4-2-1-3-5-16/h1-9H,10-14,18H2. The monoisotopic (exact) mass is 287 g/mol. The van der Waals surface area contributed by atoms with Crippen molar-refractivity contribution in [1.29, 1.82) is 0 Å². The average molecular weight is 287 g/mol. The Kier molecular flexibility index (Phi) is 6.48. The van der Waals surface area contributed by atoms with Crippen molar-refractivity contribution < 1.29 is 4.74 Å². The molecule has 0 unspecified atom stereocenters. The fourth-order valence-electron chi connectivity index (χ4n) is 1.90. The lowest BCUT2D eigenvalue weighted by molar-refractivity contribution is 0.344. The molecule has 2 N–H and O–H groups in total. The Bertz CT molecular complexity index is 484. The number of hydrogen-bond acceptors (Lipinski definition) is 3. The normalized spacial score (nSPS) is 10.4. The molecule has 0 spiro atoms. The van der Waals surface area contributed by atoms with Gasteiger partial charge in [-0.15, -0.1) is 0 Å². The summed E-state index contributed by atoms with van der Waals surface area (Å²) in [5, 5.41) is 0. The average Bonchev–Trinajstić information content (AvgIpc) is 2.50. The first-order chi connectivity index (χ1) is 9.88. The Balaban J connectivity index is 1.63. The van der Waals surface area contributed by atoms with Crippen LogP contribution in [0.25, 0.3) is 0 Å². The quantitative estimate of drug-likeness (QED) is 0.755. The van der Waals surface area contributed by atoms with Crippen molar-refractivity contribution in [2.75, 3.05) is 18.9 Å². The van der Waals surface area contributed by atoms with Gasteiger partial charge in [0, 0.05) is 11.5 Å². The summed E-state index contributed by atoms with van der Waals surface area (Å²) in [6, 6.07) is 18.7. The third kappa shape index (κ3) is 5.27. The molecule has 2 rings (SSSR count). The maximum Gasteiger partial charge on any atom is 0.119 e. The molecule has 2 aromatic carbocycles. The molecule has 3 heteroatoms. The molecule has 0 amide bonds. The molecule has 0 saturated heterocycles. The van der Waals surface area contributed by atoms with Crippen molar-refractivity contribution in [3.8, 4) is 5.75 Å². The second-order valence-corrected chi connectivity index (χ2v) is 5.67. The van der Waals surface area contributed by atoms with E-state index in [1.807, 2.05) is 30.0 Å². The first kappa shape index (κ1) is 14.9. The zero-order valence-corrected chi connectivity index (χ0v) is 12.4. The Morgan fingerprint density at radius 2 is 1.65 bits per heavy atom. The number of rotatable bonds is 8. The summed E-state index contributed by atoms with van der Waals surface area (Å²) < 4.78 is 5.72. The van der Waals surface area contributed by atoms with Gasteiger partial charge >= 0.3 is 0 Å². The van der Waals surface area contributed by atoms with Crippen molar-refractivity contribution in [3.05, 3.63) is 65.7 Å². The van der Waals surface area contributed by atoms with Gasteiger partial charge in [-0.2, -0.15) is 11.8 Å². The minimum atomic E-state index is 0.691. The van der Waals surface area contributed by atoms with Gasteiger partial charge in [0.05, 0.1) is 6.61 Å². The van der Waals surface area contributed by atoms with Gasteiger partial charge < -0.3 is 10.5 Å². The fraction of sp³-hybridized carbons (Fsp3) is 0.294. The second-order valence-electron chi connectivity index (χ2n) is 4.57. The maximum absolute atomic E-state index is 5.72. The maximum atomic E-state index is 5.72. The van der Waals surface area contributed by atoms with Crippen LogP contribution in [0, 0.1) is 0 Å². The summed E-state index contributed by atoms with van der Waals surface area (Å²) in [5.41, 5.74) is 8.15. The number of benzene rings is 2. The Hall–Kier alpha value is -1.45. The van der Waals surface area contributed by atoms with Crippen LogP contribution in [-0.4, -0.2) is 18.9 Å². The van der Waals surface area contributed by atoms with Crippen LogP contribution in [-0.2, 0) is 12.2 Å². The summed E-state index contributed by atoms with van der Waals surface area (Å²) in [6.07, 6.45) is 0.924. The molecule has 0 aliphatic rings. The third-order valence-corrected chi connectivity index (χ3v) is 3.96. The molecule has 0 aliphatic heterocycles. The number of ether oxygens (including phenoxy) is 1. The molecule has 2 aromatic rings. The first-order valence-electron chi connectivity index (χ1n) is 6.92. The van der Waals surface area contributed by atoms with Gasteiger partial charge in [0.25, 0.3) is 0 Å². The van der Waals surface area contributed by atoms with E-state index in [1.54, 1.807) is 0 Å². The van der Waals surface area contributed by atoms with Crippen LogP contribution in [0.4, 0.5) is 0 Å². The number of thioether (sulfide) groups is 1. The van der Waals surface area contributed by atoms with Crippen molar-refractivity contribution in [2.45, 2.75) is 12.2 Å². The van der Waals surface area contributed by atoms with Crippen LogP contribution in [0.2, 0.25) is 0 Å². The first-order valence-corrected chi connectivity index (χ1v) is 8.07. The van der Waals surface area contributed by atoms with Gasteiger partial charge in [0.1, 0.15) is 5.75 Å². The molecule has 0 aromatic heterocycles. The van der Waals surface area contributed by atoms with Crippen LogP contribution < -0.4 is 10.5 Å². The Morgan fingerprint density at radius 1 is 0.900 bits per heavy atom. The van der Waals surface area contributed by atoms with E-state index in [1.165, 1.54) is 11.1 Å². The Morgan fingerprint density at radius 3 is 2.35 bits per heavy atom. The summed E-state index contributed by atoms with van der Waals surface area (Å²) in [4.78, 5) is 0. The van der Waals surface area contributed by atoms with Crippen LogP contribution >= 0.6 is 11.8 Å². The highest BCUT2D eigenvalue weighted by atomic mass is 32.2. The molecule has 0 atom stereocenters. The lowest BCUT2D eigenvalue weighted by Crippen LogP contribution is -2.03. The molecule has 0 heterocycles. The highest BCUT2D eigenvalue weighted by Crippen LogP contribution is 2.14. The fourth-order valence-corrected chi connectivity index (χ4v) is 2.68. The van der Waals surface area contributed by atoms with E-state index in [0.717, 1.165) is 30.3 Å². The third-order valence-electron chi connectivity index (χ3n) is 2.96. The Labute approximate surface area is 125 Å². The zero-order chi connectivity index (χ0) is 14.0. The van der Waals surface area contributed by atoms with Gasteiger partial charge in [0.2, 0.25) is 0 Å². The van der Waals surface area contributed by atoms with Crippen molar-refractivity contribution >= 4 is 11.8 Å². The lowest BCUT2D eigenvalue weighted by atomic mass is 10.1. The number of hydrogen-bond donors (Lipinski definition) is 1. The minimum Gasteiger partial charge on any atom is -0.493 e. The van der Waals surface area contributed by atoms with Crippen LogP contribution in [0.5, 0.6) is 5.75 Å². The molecule has 0 aliphatic carbocycles. The molecule has 0 saturated carbocycles. The SMILES string of the molecule is NCCc1ccc(OCCSCc2ccccc2)cc1. The predicted molar refractivity (Wildman–Crippen MR) is 87.3 cm³/mol. The minimum absolute atomic E-state index is 0.691. The van der Waals surface area contributed by atoms with Gasteiger partial charge in [-0.3, -0.25) is 0 Å². The molecule has 2 nitrogen and oxygen atoms in total. The molecule has 20 heavy (non-hydrogen) atoms. The van der Waals surface area contributed by atoms with E-state index in [0.29, 0.717) is 6.54 Å². The van der Waals surface area contributed by atoms with Crippen molar-refractivity contribution in [2.24, 2.45) is 5.73 Å². The smallest absolute Gasteiger partial charge is 0.119 e. The molecule has 0 bridgehead atoms. The van der Waals surface area contributed by atoms with Gasteiger partial charge in [0.15, 0.2) is 0 Å². The molecular weight excluding hydrogens is 266 g/mol. The van der Waals surface area contributed by atoms with Gasteiger partial charge in [-0.1, -0.05) is 42.5 Å². The van der Waals surface area contributed by atoms with E-state index < -0.39 is 0 Å². The van der Waals surface area contributed by atoms with E-state index in [9.17, 15) is 0 Å². The zero-order valence-electron chi connectivity index (χ0n) is 11.6. The molecular formula is C17H21NOS. The highest BCUT2D eigenvalue weighted by molar-refractivity contribution is 7.98. The second kappa shape index (κ2) is 8.67. The van der Waals surface area contributed by atoms with E-state index >= 15 is 0 Å². The molecule has 0 fully saturated rings. The topological polar surface area (TPSA) is 35.2 Å². The molecule has 106 valence electrons. The van der Waals surface area contributed by atoms with E-state index in [4.69, 9.17) is 10.5 Å². The predicted octanol–water partition coefficient (Wildman–Crippen LogP) is 3.50. The number of nitrogens with two attached hydrogens (primary N) is 1. The summed E-state index contributed by atoms with van der Waals surface area (Å²) >= 11 is 1.90. The summed E-state index contributed by atoms with van der Waals surface area (Å²) in [7, 11) is 0. The summed E-state index contributed by atoms with van der Waals surface area (Å²) in [6.45, 7) is 1.43. The highest BCUT2D eigenvalue weighted by Gasteiger charge is 1.96. The lowest BCUT2D eigenvalue weighted by Gasteiger charge is -2.07. The van der Waals surface area contributed by atoms with Crippen LogP contribution in [0.15, 0.2) is 54.6 Å². The van der Waals surface area contributed by atoms with E-state index in [-0.39, 0.29) is 0 Å². The molecule has 0 radical (unpaired) electrons. The van der Waals surface area contributed by atoms with Gasteiger partial charge in [-0.05, 0) is 36.2 Å². The van der Waals surface area contributed by atoms with Crippen LogP contribution in [0.3, 0.4) is 0 Å².